The number of carbonyl (C=O) groups excluding carboxylic acids is 1. The van der Waals surface area contributed by atoms with E-state index in [9.17, 15) is 23.3 Å². The number of nitro benzene ring substituents is 1. The van der Waals surface area contributed by atoms with Crippen molar-refractivity contribution >= 4 is 33.0 Å². The fourth-order valence-electron chi connectivity index (χ4n) is 12.3. The van der Waals surface area contributed by atoms with Crippen LogP contribution in [-0.2, 0) is 19.5 Å². The van der Waals surface area contributed by atoms with E-state index in [2.05, 4.69) is 60.8 Å². The lowest BCUT2D eigenvalue weighted by atomic mass is 9.59. The first kappa shape index (κ1) is 44.5. The number of fused-ring (bicyclic) bond motifs is 1. The quantitative estimate of drug-likeness (QED) is 0.171. The Morgan fingerprint density at radius 2 is 1.49 bits per heavy atom. The van der Waals surface area contributed by atoms with Crippen LogP contribution in [0.1, 0.15) is 91.7 Å². The zero-order chi connectivity index (χ0) is 44.7. The van der Waals surface area contributed by atoms with Crippen molar-refractivity contribution < 1.29 is 32.3 Å². The van der Waals surface area contributed by atoms with E-state index in [1.807, 2.05) is 12.1 Å². The molecule has 0 aromatic heterocycles. The number of nitrogens with one attached hydrogen (secondary N) is 2. The van der Waals surface area contributed by atoms with E-state index in [0.717, 1.165) is 83.4 Å². The highest BCUT2D eigenvalue weighted by Gasteiger charge is 2.50. The molecule has 0 bridgehead atoms. The Morgan fingerprint density at radius 3 is 2.18 bits per heavy atom. The summed E-state index contributed by atoms with van der Waals surface area (Å²) in [5, 5.41) is 15.4. The average molecular weight is 912 g/mol. The molecule has 6 aliphatic heterocycles. The molecular formula is C49H65N7O8S. The summed E-state index contributed by atoms with van der Waals surface area (Å²) in [5.41, 5.74) is 4.12. The molecular weight excluding hydrogens is 847 g/mol. The number of hydrogen-bond donors (Lipinski definition) is 2. The third kappa shape index (κ3) is 9.36. The molecule has 10 rings (SSSR count). The first-order valence-corrected chi connectivity index (χ1v) is 25.6. The van der Waals surface area contributed by atoms with Crippen molar-refractivity contribution in [2.75, 3.05) is 89.1 Å². The first-order valence-electron chi connectivity index (χ1n) is 24.1. The van der Waals surface area contributed by atoms with Gasteiger partial charge < -0.3 is 29.3 Å². The number of sulfonamides is 1. The second-order valence-electron chi connectivity index (χ2n) is 19.8. The van der Waals surface area contributed by atoms with Crippen LogP contribution in [0.2, 0.25) is 0 Å². The number of rotatable bonds is 10. The summed E-state index contributed by atoms with van der Waals surface area (Å²) in [4.78, 5) is 35.2. The number of aryl methyl sites for hydroxylation is 1. The number of anilines is 2. The molecule has 16 heteroatoms. The fourth-order valence-corrected chi connectivity index (χ4v) is 13.3. The minimum Gasteiger partial charge on any atom is -0.489 e. The van der Waals surface area contributed by atoms with Gasteiger partial charge in [0.15, 0.2) is 11.4 Å². The molecule has 350 valence electrons. The summed E-state index contributed by atoms with van der Waals surface area (Å²) >= 11 is 0. The fraction of sp³-hybridized carbons (Fsp3) is 0.612. The maximum absolute atomic E-state index is 13.5. The molecule has 6 fully saturated rings. The maximum Gasteiger partial charge on any atom is 0.297 e. The van der Waals surface area contributed by atoms with Gasteiger partial charge in [0.2, 0.25) is 0 Å². The molecule has 2 atom stereocenters. The molecule has 1 spiro atoms. The van der Waals surface area contributed by atoms with Crippen LogP contribution in [0.25, 0.3) is 0 Å². The van der Waals surface area contributed by atoms with E-state index in [1.165, 1.54) is 68.8 Å². The van der Waals surface area contributed by atoms with Gasteiger partial charge >= 0.3 is 0 Å². The van der Waals surface area contributed by atoms with Crippen molar-refractivity contribution in [3.8, 4) is 5.75 Å². The van der Waals surface area contributed by atoms with Gasteiger partial charge in [0, 0.05) is 107 Å². The average Bonchev–Trinajstić information content (AvgIpc) is 3.33. The van der Waals surface area contributed by atoms with Crippen LogP contribution in [0.4, 0.5) is 17.1 Å². The molecule has 6 heterocycles. The predicted octanol–water partition coefficient (Wildman–Crippen LogP) is 6.37. The second-order valence-corrected chi connectivity index (χ2v) is 21.5. The summed E-state index contributed by atoms with van der Waals surface area (Å²) < 4.78 is 46.1. The molecule has 0 radical (unpaired) electrons. The molecule has 1 aliphatic carbocycles. The number of ether oxygens (including phenoxy) is 3. The molecule has 3 aromatic rings. The molecule has 5 saturated heterocycles. The molecule has 1 saturated carbocycles. The van der Waals surface area contributed by atoms with Gasteiger partial charge in [0.25, 0.3) is 21.6 Å². The molecule has 15 nitrogen and oxygen atoms in total. The Kier molecular flexibility index (Phi) is 12.8. The number of hydrogen-bond acceptors (Lipinski definition) is 13. The summed E-state index contributed by atoms with van der Waals surface area (Å²) in [6, 6.07) is 20.5. The van der Waals surface area contributed by atoms with Gasteiger partial charge in [-0.3, -0.25) is 24.7 Å². The number of nitrogens with zero attached hydrogens (tertiary/aromatic N) is 5. The normalized spacial score (nSPS) is 25.6. The first-order chi connectivity index (χ1) is 31.5. The van der Waals surface area contributed by atoms with E-state index in [4.69, 9.17) is 14.2 Å². The minimum atomic E-state index is -4.47. The van der Waals surface area contributed by atoms with E-state index in [1.54, 1.807) is 12.1 Å². The van der Waals surface area contributed by atoms with Gasteiger partial charge in [-0.1, -0.05) is 24.3 Å². The van der Waals surface area contributed by atoms with Crippen molar-refractivity contribution in [2.45, 2.75) is 106 Å². The summed E-state index contributed by atoms with van der Waals surface area (Å²) in [7, 11) is -4.47. The number of nitro groups is 1. The molecule has 0 unspecified atom stereocenters. The van der Waals surface area contributed by atoms with E-state index < -0.39 is 31.4 Å². The number of benzene rings is 3. The largest absolute Gasteiger partial charge is 0.489 e. The van der Waals surface area contributed by atoms with Crippen molar-refractivity contribution in [3.05, 3.63) is 87.5 Å². The number of amides is 1. The lowest BCUT2D eigenvalue weighted by Crippen LogP contribution is -2.61. The van der Waals surface area contributed by atoms with Gasteiger partial charge in [-0.05, 0) is 131 Å². The smallest absolute Gasteiger partial charge is 0.297 e. The van der Waals surface area contributed by atoms with Crippen LogP contribution < -0.4 is 19.7 Å². The predicted molar refractivity (Wildman–Crippen MR) is 248 cm³/mol. The van der Waals surface area contributed by atoms with Gasteiger partial charge in [-0.25, -0.2) is 13.1 Å². The van der Waals surface area contributed by atoms with Crippen LogP contribution in [0, 0.1) is 28.4 Å². The number of likely N-dealkylation sites (tertiary alicyclic amines) is 1. The Hall–Kier alpha value is -4.32. The van der Waals surface area contributed by atoms with Crippen molar-refractivity contribution in [2.24, 2.45) is 11.3 Å². The highest BCUT2D eigenvalue weighted by atomic mass is 32.2. The minimum absolute atomic E-state index is 0.0673. The van der Waals surface area contributed by atoms with E-state index >= 15 is 0 Å². The lowest BCUT2D eigenvalue weighted by Gasteiger charge is -2.59. The van der Waals surface area contributed by atoms with E-state index in [-0.39, 0.29) is 35.6 Å². The second kappa shape index (κ2) is 18.8. The van der Waals surface area contributed by atoms with Crippen LogP contribution in [0.3, 0.4) is 0 Å². The third-order valence-electron chi connectivity index (χ3n) is 16.2. The summed E-state index contributed by atoms with van der Waals surface area (Å²) in [5.74, 6) is -0.531. The number of carbonyl (C=O) groups is 1. The lowest BCUT2D eigenvalue weighted by molar-refractivity contribution is -0.384. The van der Waals surface area contributed by atoms with Crippen molar-refractivity contribution in [3.63, 3.8) is 0 Å². The Labute approximate surface area is 383 Å². The van der Waals surface area contributed by atoms with Crippen LogP contribution >= 0.6 is 0 Å². The van der Waals surface area contributed by atoms with Gasteiger partial charge in [-0.15, -0.1) is 0 Å². The van der Waals surface area contributed by atoms with Crippen LogP contribution in [-0.4, -0.2) is 137 Å². The zero-order valence-electron chi connectivity index (χ0n) is 37.7. The zero-order valence-corrected chi connectivity index (χ0v) is 38.5. The highest BCUT2D eigenvalue weighted by molar-refractivity contribution is 7.90. The molecule has 3 aromatic carbocycles. The summed E-state index contributed by atoms with van der Waals surface area (Å²) in [6.07, 6.45) is 11.2. The monoisotopic (exact) mass is 911 g/mol. The maximum atomic E-state index is 13.5. The van der Waals surface area contributed by atoms with Crippen LogP contribution in [0.15, 0.2) is 65.6 Å². The van der Waals surface area contributed by atoms with Gasteiger partial charge in [0.05, 0.1) is 15.9 Å². The number of piperidine rings is 2. The third-order valence-corrected chi connectivity index (χ3v) is 17.5. The number of piperazine rings is 1. The molecule has 65 heavy (non-hydrogen) atoms. The Bertz CT molecular complexity index is 2300. The molecule has 1 amide bonds. The SMILES string of the molecule is Cc1ccccc1[C@@H]1CN(C2CCN(C3CCOCC3)CC2)CCN1C1CC2(CCN(c3ccc(C(=O)NS(=O)(=O)c4cc5c(c([N+](=O)[O-])c4)N[C@H](C4CCOCC4)CO5)cc3)CC2)C1. The van der Waals surface area contributed by atoms with Gasteiger partial charge in [0.1, 0.15) is 6.61 Å². The van der Waals surface area contributed by atoms with Crippen molar-refractivity contribution in [1.82, 2.24) is 19.4 Å². The van der Waals surface area contributed by atoms with E-state index in [0.29, 0.717) is 42.8 Å². The Balaban J connectivity index is 0.732. The topological polar surface area (TPSA) is 159 Å². The highest BCUT2D eigenvalue weighted by Crippen LogP contribution is 2.53. The summed E-state index contributed by atoms with van der Waals surface area (Å²) in [6.45, 7) is 13.2. The Morgan fingerprint density at radius 1 is 0.815 bits per heavy atom. The van der Waals surface area contributed by atoms with Crippen molar-refractivity contribution in [1.29, 1.82) is 0 Å². The standard InChI is InChI=1S/C49H65N7O8S/c1-34-4-2-3-5-42(34)45-32-54(38-10-18-52(19-11-38)39-14-26-63-27-15-39)22-23-55(45)40-30-49(31-40)16-20-53(21-17-49)37-8-6-36(7-9-37)48(57)51-65(60,61)41-28-44(56(58)59)47-46(29-41)64-33-43(50-47)35-12-24-62-25-13-35/h2-9,28-29,35,38-40,43,45,50H,10-27,30-33H2,1H3,(H,51,57)/t43-,45-/m0/s1. The van der Waals surface area contributed by atoms with Gasteiger partial charge in [-0.2, -0.15) is 0 Å². The molecule has 2 N–H and O–H groups in total. The molecule has 7 aliphatic rings. The van der Waals surface area contributed by atoms with Crippen LogP contribution in [0.5, 0.6) is 5.75 Å².